The van der Waals surface area contributed by atoms with E-state index in [1.54, 1.807) is 6.08 Å². The van der Waals surface area contributed by atoms with Crippen molar-refractivity contribution in [1.82, 2.24) is 0 Å². The summed E-state index contributed by atoms with van der Waals surface area (Å²) in [5.74, 6) is 6.08. The van der Waals surface area contributed by atoms with Crippen LogP contribution in [0.2, 0.25) is 0 Å². The zero-order valence-corrected chi connectivity index (χ0v) is 7.23. The molecule has 2 atom stereocenters. The number of ether oxygens (including phenoxy) is 1. The Morgan fingerprint density at radius 1 is 1.31 bits per heavy atom. The van der Waals surface area contributed by atoms with Gasteiger partial charge in [0.05, 0.1) is 0 Å². The average Bonchev–Trinajstić information content (AvgIpc) is 2.95. The molecule has 0 aromatic heterocycles. The minimum absolute atomic E-state index is 0.0673. The first kappa shape index (κ1) is 8.10. The van der Waals surface area contributed by atoms with Gasteiger partial charge in [-0.25, -0.2) is 0 Å². The Balaban J connectivity index is 2.02. The molecule has 13 heavy (non-hydrogen) atoms. The number of epoxide rings is 1. The molecule has 1 saturated heterocycles. The largest absolute Gasteiger partial charge is 0.351 e. The van der Waals surface area contributed by atoms with Crippen molar-refractivity contribution in [2.45, 2.75) is 12.2 Å². The van der Waals surface area contributed by atoms with E-state index in [1.807, 2.05) is 30.3 Å². The highest BCUT2D eigenvalue weighted by Gasteiger charge is 2.33. The molecule has 0 spiro atoms. The molecule has 0 radical (unpaired) electrons. The molecule has 0 amide bonds. The van der Waals surface area contributed by atoms with E-state index < -0.39 is 0 Å². The number of rotatable bonds is 1. The van der Waals surface area contributed by atoms with Crippen molar-refractivity contribution in [1.29, 1.82) is 0 Å². The average molecular weight is 170 g/mol. The first-order valence-electron chi connectivity index (χ1n) is 4.25. The topological polar surface area (TPSA) is 12.5 Å². The molecular formula is C12H10O. The molecule has 0 bridgehead atoms. The van der Waals surface area contributed by atoms with Crippen LogP contribution in [0.5, 0.6) is 0 Å². The second kappa shape index (κ2) is 3.47. The van der Waals surface area contributed by atoms with Crippen LogP contribution in [0.25, 0.3) is 0 Å². The zero-order chi connectivity index (χ0) is 9.10. The summed E-state index contributed by atoms with van der Waals surface area (Å²) in [6.07, 6.45) is 2.00. The van der Waals surface area contributed by atoms with Crippen LogP contribution in [0.3, 0.4) is 0 Å². The van der Waals surface area contributed by atoms with Crippen LogP contribution in [0.4, 0.5) is 0 Å². The lowest BCUT2D eigenvalue weighted by Crippen LogP contribution is -1.83. The van der Waals surface area contributed by atoms with Gasteiger partial charge in [0.25, 0.3) is 0 Å². The summed E-state index contributed by atoms with van der Waals surface area (Å²) in [5, 5.41) is 0. The summed E-state index contributed by atoms with van der Waals surface area (Å²) in [4.78, 5) is 0. The Bertz CT molecular complexity index is 356. The highest BCUT2D eigenvalue weighted by atomic mass is 16.6. The summed E-state index contributed by atoms with van der Waals surface area (Å²) >= 11 is 0. The number of hydrogen-bond donors (Lipinski definition) is 0. The Hall–Kier alpha value is -1.52. The lowest BCUT2D eigenvalue weighted by Gasteiger charge is -1.84. The van der Waals surface area contributed by atoms with E-state index >= 15 is 0 Å². The molecule has 1 nitrogen and oxygen atoms in total. The molecule has 0 saturated carbocycles. The highest BCUT2D eigenvalue weighted by Crippen LogP contribution is 2.21. The van der Waals surface area contributed by atoms with E-state index in [0.29, 0.717) is 0 Å². The van der Waals surface area contributed by atoms with Crippen LogP contribution in [0.15, 0.2) is 43.0 Å². The van der Waals surface area contributed by atoms with E-state index in [2.05, 4.69) is 18.4 Å². The maximum atomic E-state index is 5.20. The van der Waals surface area contributed by atoms with Crippen molar-refractivity contribution in [3.05, 3.63) is 48.6 Å². The van der Waals surface area contributed by atoms with Crippen LogP contribution < -0.4 is 0 Å². The van der Waals surface area contributed by atoms with Crippen molar-refractivity contribution in [3.63, 3.8) is 0 Å². The van der Waals surface area contributed by atoms with Gasteiger partial charge in [-0.1, -0.05) is 36.1 Å². The zero-order valence-electron chi connectivity index (χ0n) is 7.23. The highest BCUT2D eigenvalue weighted by molar-refractivity contribution is 5.36. The minimum Gasteiger partial charge on any atom is -0.351 e. The molecule has 0 aliphatic carbocycles. The molecule has 1 heteroatoms. The predicted molar refractivity (Wildman–Crippen MR) is 52.2 cm³/mol. The Labute approximate surface area is 78.0 Å². The fraction of sp³-hybridized carbons (Fsp3) is 0.167. The lowest BCUT2D eigenvalue weighted by atomic mass is 10.2. The molecule has 1 aliphatic rings. The Morgan fingerprint density at radius 2 is 2.08 bits per heavy atom. The molecule has 1 aromatic rings. The first-order valence-corrected chi connectivity index (χ1v) is 4.25. The minimum atomic E-state index is 0.0673. The monoisotopic (exact) mass is 170 g/mol. The lowest BCUT2D eigenvalue weighted by molar-refractivity contribution is 0.417. The fourth-order valence-corrected chi connectivity index (χ4v) is 1.10. The maximum absolute atomic E-state index is 5.20. The van der Waals surface area contributed by atoms with Crippen LogP contribution in [0.1, 0.15) is 5.56 Å². The van der Waals surface area contributed by atoms with Gasteiger partial charge in [-0.2, -0.15) is 0 Å². The number of hydrogen-bond acceptors (Lipinski definition) is 1. The molecule has 1 fully saturated rings. The van der Waals surface area contributed by atoms with Crippen molar-refractivity contribution in [3.8, 4) is 11.8 Å². The van der Waals surface area contributed by atoms with Gasteiger partial charge in [-0.3, -0.25) is 0 Å². The molecule has 1 heterocycles. The van der Waals surface area contributed by atoms with Crippen molar-refractivity contribution in [2.24, 2.45) is 0 Å². The maximum Gasteiger partial charge on any atom is 0.149 e. The fourth-order valence-electron chi connectivity index (χ4n) is 1.10. The van der Waals surface area contributed by atoms with Gasteiger partial charge >= 0.3 is 0 Å². The van der Waals surface area contributed by atoms with Crippen molar-refractivity contribution < 1.29 is 4.74 Å². The van der Waals surface area contributed by atoms with Gasteiger partial charge in [0.15, 0.2) is 0 Å². The third-order valence-corrected chi connectivity index (χ3v) is 1.89. The van der Waals surface area contributed by atoms with E-state index in [4.69, 9.17) is 4.74 Å². The first-order chi connectivity index (χ1) is 6.40. The molecule has 1 aliphatic heterocycles. The summed E-state index contributed by atoms with van der Waals surface area (Å²) in [5.41, 5.74) is 1.03. The third kappa shape index (κ3) is 1.99. The molecular weight excluding hydrogens is 160 g/mol. The summed E-state index contributed by atoms with van der Waals surface area (Å²) in [6.45, 7) is 3.64. The van der Waals surface area contributed by atoms with Gasteiger partial charge < -0.3 is 4.74 Å². The van der Waals surface area contributed by atoms with Crippen LogP contribution in [-0.4, -0.2) is 12.2 Å². The van der Waals surface area contributed by atoms with Crippen molar-refractivity contribution >= 4 is 0 Å². The molecule has 0 unspecified atom stereocenters. The van der Waals surface area contributed by atoms with Crippen LogP contribution >= 0.6 is 0 Å². The van der Waals surface area contributed by atoms with E-state index in [1.165, 1.54) is 0 Å². The summed E-state index contributed by atoms with van der Waals surface area (Å²) < 4.78 is 5.20. The summed E-state index contributed by atoms with van der Waals surface area (Å²) in [7, 11) is 0. The van der Waals surface area contributed by atoms with Gasteiger partial charge in [0.2, 0.25) is 0 Å². The van der Waals surface area contributed by atoms with Crippen LogP contribution in [-0.2, 0) is 4.74 Å². The molecule has 0 N–H and O–H groups in total. The smallest absolute Gasteiger partial charge is 0.149 e. The van der Waals surface area contributed by atoms with E-state index in [9.17, 15) is 0 Å². The van der Waals surface area contributed by atoms with Crippen LogP contribution in [0, 0.1) is 11.8 Å². The normalized spacial score (nSPS) is 24.3. The second-order valence-corrected chi connectivity index (χ2v) is 2.89. The predicted octanol–water partition coefficient (Wildman–Crippen LogP) is 1.99. The van der Waals surface area contributed by atoms with E-state index in [0.717, 1.165) is 5.56 Å². The van der Waals surface area contributed by atoms with E-state index in [-0.39, 0.29) is 12.2 Å². The van der Waals surface area contributed by atoms with Gasteiger partial charge in [0.1, 0.15) is 12.2 Å². The second-order valence-electron chi connectivity index (χ2n) is 2.89. The standard InChI is InChI=1S/C12H10O/c1-2-11-12(13-11)9-8-10-6-4-3-5-7-10/h2-7,11-12H,1H2/t11-,12-/m1/s1. The summed E-state index contributed by atoms with van der Waals surface area (Å²) in [6, 6.07) is 9.90. The SMILES string of the molecule is C=C[C@H]1O[C@@H]1C#Cc1ccccc1. The number of benzene rings is 1. The molecule has 64 valence electrons. The third-order valence-electron chi connectivity index (χ3n) is 1.89. The van der Waals surface area contributed by atoms with Gasteiger partial charge in [-0.05, 0) is 12.1 Å². The van der Waals surface area contributed by atoms with Gasteiger partial charge in [0, 0.05) is 5.56 Å². The quantitative estimate of drug-likeness (QED) is 0.357. The Morgan fingerprint density at radius 3 is 2.69 bits per heavy atom. The molecule has 1 aromatic carbocycles. The van der Waals surface area contributed by atoms with Crippen molar-refractivity contribution in [2.75, 3.05) is 0 Å². The van der Waals surface area contributed by atoms with Gasteiger partial charge in [-0.15, -0.1) is 6.58 Å². The molecule has 2 rings (SSSR count). The Kier molecular flexibility index (Phi) is 2.16.